The standard InChI is InChI=1S/C18H25NO5/c1-22-16-7-6-13(10-17(16)23-14-4-2-3-5-14)15-11-18(12-21,8-9-20)24-19-15/h6-7,10-11,14,19-21H,2-5,8-9,12H2,1H3. The van der Waals surface area contributed by atoms with Crippen LogP contribution in [0.5, 0.6) is 11.5 Å². The summed E-state index contributed by atoms with van der Waals surface area (Å²) in [6.45, 7) is -0.268. The van der Waals surface area contributed by atoms with E-state index in [1.165, 1.54) is 12.8 Å². The molecule has 0 saturated heterocycles. The van der Waals surface area contributed by atoms with Gasteiger partial charge in [-0.1, -0.05) is 0 Å². The number of hydroxylamine groups is 1. The summed E-state index contributed by atoms with van der Waals surface area (Å²) in [6.07, 6.45) is 6.91. The Morgan fingerprint density at radius 3 is 2.71 bits per heavy atom. The molecular formula is C18H25NO5. The molecule has 0 aromatic heterocycles. The number of hydrogen-bond acceptors (Lipinski definition) is 6. The van der Waals surface area contributed by atoms with E-state index in [2.05, 4.69) is 5.48 Å². The topological polar surface area (TPSA) is 80.2 Å². The van der Waals surface area contributed by atoms with Gasteiger partial charge < -0.3 is 19.7 Å². The Bertz CT molecular complexity index is 597. The van der Waals surface area contributed by atoms with E-state index in [1.807, 2.05) is 24.3 Å². The number of ether oxygens (including phenoxy) is 2. The molecule has 3 rings (SSSR count). The highest BCUT2D eigenvalue weighted by molar-refractivity contribution is 5.68. The Morgan fingerprint density at radius 1 is 1.25 bits per heavy atom. The number of aliphatic hydroxyl groups is 2. The molecule has 1 saturated carbocycles. The third kappa shape index (κ3) is 3.50. The smallest absolute Gasteiger partial charge is 0.162 e. The average molecular weight is 335 g/mol. The van der Waals surface area contributed by atoms with Crippen molar-refractivity contribution in [2.24, 2.45) is 0 Å². The molecule has 1 aliphatic carbocycles. The van der Waals surface area contributed by atoms with Crippen molar-refractivity contribution in [1.29, 1.82) is 0 Å². The van der Waals surface area contributed by atoms with Crippen LogP contribution < -0.4 is 15.0 Å². The summed E-state index contributed by atoms with van der Waals surface area (Å²) in [5, 5.41) is 18.7. The third-order valence-electron chi connectivity index (χ3n) is 4.64. The van der Waals surface area contributed by atoms with Crippen LogP contribution in [0.3, 0.4) is 0 Å². The number of hydrogen-bond donors (Lipinski definition) is 3. The minimum Gasteiger partial charge on any atom is -0.493 e. The molecule has 2 aliphatic rings. The van der Waals surface area contributed by atoms with Gasteiger partial charge in [0.15, 0.2) is 11.5 Å². The molecule has 0 radical (unpaired) electrons. The summed E-state index contributed by atoms with van der Waals surface area (Å²) in [5.41, 5.74) is 3.59. The summed E-state index contributed by atoms with van der Waals surface area (Å²) in [5.74, 6) is 1.42. The van der Waals surface area contributed by atoms with Gasteiger partial charge in [0, 0.05) is 18.6 Å². The minimum atomic E-state index is -0.892. The second kappa shape index (κ2) is 7.42. The molecule has 24 heavy (non-hydrogen) atoms. The zero-order chi connectivity index (χ0) is 17.0. The third-order valence-corrected chi connectivity index (χ3v) is 4.64. The van der Waals surface area contributed by atoms with E-state index in [0.717, 1.165) is 24.1 Å². The second-order valence-corrected chi connectivity index (χ2v) is 6.35. The highest BCUT2D eigenvalue weighted by atomic mass is 16.7. The molecule has 6 heteroatoms. The Hall–Kier alpha value is -1.76. The lowest BCUT2D eigenvalue weighted by Gasteiger charge is -2.21. The van der Waals surface area contributed by atoms with Crippen LogP contribution in [0, 0.1) is 0 Å². The summed E-state index contributed by atoms with van der Waals surface area (Å²) in [7, 11) is 1.63. The van der Waals surface area contributed by atoms with E-state index < -0.39 is 5.60 Å². The molecule has 1 aromatic carbocycles. The minimum absolute atomic E-state index is 0.0648. The zero-order valence-electron chi connectivity index (χ0n) is 14.0. The lowest BCUT2D eigenvalue weighted by molar-refractivity contribution is -0.0764. The molecule has 3 N–H and O–H groups in total. The maximum absolute atomic E-state index is 9.57. The highest BCUT2D eigenvalue weighted by Gasteiger charge is 2.34. The van der Waals surface area contributed by atoms with Gasteiger partial charge in [-0.05, 0) is 50.0 Å². The van der Waals surface area contributed by atoms with Crippen molar-refractivity contribution in [1.82, 2.24) is 5.48 Å². The molecule has 0 bridgehead atoms. The summed E-state index contributed by atoms with van der Waals surface area (Å²) in [6, 6.07) is 5.70. The Morgan fingerprint density at radius 2 is 2.04 bits per heavy atom. The summed E-state index contributed by atoms with van der Waals surface area (Å²) < 4.78 is 11.5. The van der Waals surface area contributed by atoms with Gasteiger partial charge in [-0.15, -0.1) is 0 Å². The maximum Gasteiger partial charge on any atom is 0.162 e. The normalized spacial score (nSPS) is 23.9. The van der Waals surface area contributed by atoms with Gasteiger partial charge >= 0.3 is 0 Å². The van der Waals surface area contributed by atoms with Crippen LogP contribution in [0.15, 0.2) is 24.3 Å². The molecule has 1 fully saturated rings. The van der Waals surface area contributed by atoms with Crippen molar-refractivity contribution in [2.75, 3.05) is 20.3 Å². The van der Waals surface area contributed by atoms with Crippen LogP contribution in [-0.4, -0.2) is 42.2 Å². The van der Waals surface area contributed by atoms with Crippen molar-refractivity contribution < 1.29 is 24.5 Å². The quantitative estimate of drug-likeness (QED) is 0.707. The lowest BCUT2D eigenvalue weighted by atomic mass is 9.99. The van der Waals surface area contributed by atoms with Crippen molar-refractivity contribution in [3.8, 4) is 11.5 Å². The molecule has 0 amide bonds. The van der Waals surface area contributed by atoms with Crippen molar-refractivity contribution >= 4 is 5.70 Å². The molecule has 1 aromatic rings. The molecule has 1 heterocycles. The van der Waals surface area contributed by atoms with E-state index in [1.54, 1.807) is 7.11 Å². The first-order valence-corrected chi connectivity index (χ1v) is 8.43. The van der Waals surface area contributed by atoms with Crippen LogP contribution >= 0.6 is 0 Å². The van der Waals surface area contributed by atoms with E-state index >= 15 is 0 Å². The van der Waals surface area contributed by atoms with Crippen molar-refractivity contribution in [3.05, 3.63) is 29.8 Å². The monoisotopic (exact) mass is 335 g/mol. The molecule has 132 valence electrons. The summed E-state index contributed by atoms with van der Waals surface area (Å²) in [4.78, 5) is 5.50. The maximum atomic E-state index is 9.57. The molecular weight excluding hydrogens is 310 g/mol. The van der Waals surface area contributed by atoms with E-state index in [-0.39, 0.29) is 19.3 Å². The van der Waals surface area contributed by atoms with E-state index in [4.69, 9.17) is 19.4 Å². The number of nitrogens with one attached hydrogen (secondary N) is 1. The SMILES string of the molecule is COc1ccc(C2=CC(CO)(CCO)ON2)cc1OC1CCCC1. The Labute approximate surface area is 142 Å². The van der Waals surface area contributed by atoms with Gasteiger partial charge in [0.05, 0.1) is 25.5 Å². The van der Waals surface area contributed by atoms with Crippen molar-refractivity contribution in [2.45, 2.75) is 43.8 Å². The fourth-order valence-electron chi connectivity index (χ4n) is 3.21. The molecule has 0 spiro atoms. The average Bonchev–Trinajstić information content (AvgIpc) is 3.26. The van der Waals surface area contributed by atoms with Gasteiger partial charge in [-0.3, -0.25) is 10.3 Å². The second-order valence-electron chi connectivity index (χ2n) is 6.35. The number of aliphatic hydroxyl groups excluding tert-OH is 2. The van der Waals surface area contributed by atoms with Crippen LogP contribution in [0.25, 0.3) is 5.70 Å². The van der Waals surface area contributed by atoms with Gasteiger partial charge in [-0.25, -0.2) is 0 Å². The van der Waals surface area contributed by atoms with Crippen LogP contribution in [0.2, 0.25) is 0 Å². The van der Waals surface area contributed by atoms with Crippen molar-refractivity contribution in [3.63, 3.8) is 0 Å². The van der Waals surface area contributed by atoms with Crippen LogP contribution in [0.1, 0.15) is 37.7 Å². The summed E-state index contributed by atoms with van der Waals surface area (Å²) >= 11 is 0. The molecule has 1 unspecified atom stereocenters. The number of methoxy groups -OCH3 is 1. The largest absolute Gasteiger partial charge is 0.493 e. The zero-order valence-corrected chi connectivity index (χ0v) is 14.0. The van der Waals surface area contributed by atoms with Gasteiger partial charge in [0.1, 0.15) is 5.60 Å². The van der Waals surface area contributed by atoms with Gasteiger partial charge in [0.2, 0.25) is 0 Å². The molecule has 6 nitrogen and oxygen atoms in total. The first kappa shape index (κ1) is 17.1. The first-order chi connectivity index (χ1) is 11.7. The Kier molecular flexibility index (Phi) is 5.28. The Balaban J connectivity index is 1.84. The highest BCUT2D eigenvalue weighted by Crippen LogP contribution is 2.36. The molecule has 1 aliphatic heterocycles. The number of rotatable bonds is 7. The fourth-order valence-corrected chi connectivity index (χ4v) is 3.21. The van der Waals surface area contributed by atoms with E-state index in [0.29, 0.717) is 17.9 Å². The van der Waals surface area contributed by atoms with Crippen LogP contribution in [0.4, 0.5) is 0 Å². The number of benzene rings is 1. The van der Waals surface area contributed by atoms with Gasteiger partial charge in [-0.2, -0.15) is 0 Å². The predicted octanol–water partition coefficient (Wildman–Crippen LogP) is 2.01. The van der Waals surface area contributed by atoms with Crippen LogP contribution in [-0.2, 0) is 4.84 Å². The molecule has 1 atom stereocenters. The van der Waals surface area contributed by atoms with Gasteiger partial charge in [0.25, 0.3) is 0 Å². The fraction of sp³-hybridized carbons (Fsp3) is 0.556. The lowest BCUT2D eigenvalue weighted by Crippen LogP contribution is -2.34. The first-order valence-electron chi connectivity index (χ1n) is 8.43. The predicted molar refractivity (Wildman–Crippen MR) is 89.6 cm³/mol. The van der Waals surface area contributed by atoms with E-state index in [9.17, 15) is 5.11 Å².